The fraction of sp³-hybridized carbons (Fsp3) is 0.632. The van der Waals surface area contributed by atoms with Crippen molar-refractivity contribution in [3.05, 3.63) is 29.3 Å². The molecule has 0 radical (unpaired) electrons. The molecule has 3 rings (SSSR count). The third-order valence-corrected chi connectivity index (χ3v) is 5.50. The monoisotopic (exact) mass is 315 g/mol. The highest BCUT2D eigenvalue weighted by molar-refractivity contribution is 5.76. The van der Waals surface area contributed by atoms with Crippen LogP contribution in [0.3, 0.4) is 0 Å². The highest BCUT2D eigenvalue weighted by Crippen LogP contribution is 2.30. The highest BCUT2D eigenvalue weighted by Gasteiger charge is 2.21. The number of fused-ring (bicyclic) bond motifs is 1. The summed E-state index contributed by atoms with van der Waals surface area (Å²) in [6.45, 7) is 6.03. The molecule has 2 aliphatic rings. The lowest BCUT2D eigenvalue weighted by molar-refractivity contribution is -0.132. The molecule has 0 aromatic heterocycles. The summed E-state index contributed by atoms with van der Waals surface area (Å²) in [5.74, 6) is 0.307. The average Bonchev–Trinajstić information content (AvgIpc) is 2.56. The van der Waals surface area contributed by atoms with Crippen molar-refractivity contribution in [2.45, 2.75) is 38.6 Å². The quantitative estimate of drug-likeness (QED) is 0.855. The smallest absolute Gasteiger partial charge is 0.222 e. The Morgan fingerprint density at radius 3 is 2.65 bits per heavy atom. The van der Waals surface area contributed by atoms with E-state index in [0.717, 1.165) is 39.0 Å². The van der Waals surface area contributed by atoms with Crippen LogP contribution in [0.25, 0.3) is 0 Å². The minimum Gasteiger partial charge on any atom is -0.372 e. The molecular weight excluding hydrogens is 286 g/mol. The van der Waals surface area contributed by atoms with E-state index in [9.17, 15) is 4.79 Å². The summed E-state index contributed by atoms with van der Waals surface area (Å²) in [4.78, 5) is 19.0. The number of piperazine rings is 1. The zero-order valence-corrected chi connectivity index (χ0v) is 14.7. The van der Waals surface area contributed by atoms with E-state index in [1.54, 1.807) is 0 Å². The molecular formula is C19H29N3O. The van der Waals surface area contributed by atoms with E-state index >= 15 is 0 Å². The van der Waals surface area contributed by atoms with E-state index in [0.29, 0.717) is 18.4 Å². The van der Waals surface area contributed by atoms with Gasteiger partial charge in [0.2, 0.25) is 5.91 Å². The predicted octanol–water partition coefficient (Wildman–Crippen LogP) is 2.16. The van der Waals surface area contributed by atoms with Gasteiger partial charge in [0.15, 0.2) is 0 Å². The third kappa shape index (κ3) is 3.69. The Morgan fingerprint density at radius 2 is 1.91 bits per heavy atom. The Balaban J connectivity index is 1.58. The first-order valence-corrected chi connectivity index (χ1v) is 8.85. The summed E-state index contributed by atoms with van der Waals surface area (Å²) in [7, 11) is 4.30. The molecule has 1 fully saturated rings. The molecule has 1 amide bonds. The molecule has 2 heterocycles. The second-order valence-corrected chi connectivity index (χ2v) is 7.15. The van der Waals surface area contributed by atoms with Gasteiger partial charge in [0, 0.05) is 51.4 Å². The first-order valence-electron chi connectivity index (χ1n) is 8.85. The lowest BCUT2D eigenvalue weighted by atomic mass is 9.94. The summed E-state index contributed by atoms with van der Waals surface area (Å²) in [5.41, 5.74) is 4.10. The summed E-state index contributed by atoms with van der Waals surface area (Å²) in [6.07, 6.45) is 3.86. The van der Waals surface area contributed by atoms with Gasteiger partial charge in [-0.05, 0) is 50.4 Å². The molecule has 23 heavy (non-hydrogen) atoms. The molecule has 0 aliphatic carbocycles. The van der Waals surface area contributed by atoms with Crippen LogP contribution in [-0.4, -0.2) is 62.0 Å². The van der Waals surface area contributed by atoms with Crippen LogP contribution in [0.15, 0.2) is 18.2 Å². The van der Waals surface area contributed by atoms with Crippen LogP contribution >= 0.6 is 0 Å². The molecule has 1 atom stereocenters. The Labute approximate surface area is 140 Å². The zero-order valence-electron chi connectivity index (χ0n) is 14.7. The van der Waals surface area contributed by atoms with E-state index in [2.05, 4.69) is 49.0 Å². The maximum Gasteiger partial charge on any atom is 0.222 e. The first-order chi connectivity index (χ1) is 11.0. The van der Waals surface area contributed by atoms with Crippen molar-refractivity contribution < 1.29 is 4.79 Å². The van der Waals surface area contributed by atoms with E-state index in [1.165, 1.54) is 23.2 Å². The van der Waals surface area contributed by atoms with Crippen LogP contribution in [0.1, 0.15) is 30.9 Å². The van der Waals surface area contributed by atoms with Gasteiger partial charge in [0.1, 0.15) is 0 Å². The number of aryl methyl sites for hydroxylation is 2. The summed E-state index contributed by atoms with van der Waals surface area (Å²) in [5, 5.41) is 0. The minimum absolute atomic E-state index is 0.307. The summed E-state index contributed by atoms with van der Waals surface area (Å²) < 4.78 is 0. The van der Waals surface area contributed by atoms with E-state index in [4.69, 9.17) is 0 Å². The first kappa shape index (κ1) is 16.3. The number of likely N-dealkylation sites (N-methyl/N-ethyl adjacent to an activating group) is 1. The Hall–Kier alpha value is -1.55. The predicted molar refractivity (Wildman–Crippen MR) is 95.0 cm³/mol. The van der Waals surface area contributed by atoms with Gasteiger partial charge >= 0.3 is 0 Å². The molecule has 1 aromatic carbocycles. The molecule has 1 aromatic rings. The van der Waals surface area contributed by atoms with Crippen molar-refractivity contribution in [1.29, 1.82) is 0 Å². The van der Waals surface area contributed by atoms with Crippen molar-refractivity contribution in [2.75, 3.05) is 45.2 Å². The van der Waals surface area contributed by atoms with Gasteiger partial charge in [0.05, 0.1) is 0 Å². The molecule has 1 saturated heterocycles. The normalized spacial score (nSPS) is 22.1. The highest BCUT2D eigenvalue weighted by atomic mass is 16.2. The largest absolute Gasteiger partial charge is 0.372 e. The molecule has 126 valence electrons. The van der Waals surface area contributed by atoms with Crippen LogP contribution < -0.4 is 4.90 Å². The van der Waals surface area contributed by atoms with E-state index < -0.39 is 0 Å². The van der Waals surface area contributed by atoms with Crippen molar-refractivity contribution in [3.63, 3.8) is 0 Å². The molecule has 0 spiro atoms. The summed E-state index contributed by atoms with van der Waals surface area (Å²) >= 11 is 0. The number of benzene rings is 1. The topological polar surface area (TPSA) is 26.8 Å². The average molecular weight is 315 g/mol. The van der Waals surface area contributed by atoms with Crippen LogP contribution in [0.5, 0.6) is 0 Å². The van der Waals surface area contributed by atoms with E-state index in [1.807, 2.05) is 4.90 Å². The van der Waals surface area contributed by atoms with Crippen molar-refractivity contribution in [2.24, 2.45) is 0 Å². The zero-order chi connectivity index (χ0) is 16.4. The fourth-order valence-electron chi connectivity index (χ4n) is 3.60. The number of rotatable bonds is 3. The third-order valence-electron chi connectivity index (χ3n) is 5.50. The molecule has 2 aliphatic heterocycles. The maximum atomic E-state index is 12.4. The van der Waals surface area contributed by atoms with Gasteiger partial charge in [-0.25, -0.2) is 0 Å². The van der Waals surface area contributed by atoms with Gasteiger partial charge in [-0.2, -0.15) is 0 Å². The fourth-order valence-corrected chi connectivity index (χ4v) is 3.60. The van der Waals surface area contributed by atoms with Gasteiger partial charge in [-0.1, -0.05) is 12.1 Å². The number of hydrogen-bond donors (Lipinski definition) is 0. The molecule has 4 nitrogen and oxygen atoms in total. The molecule has 4 heteroatoms. The Morgan fingerprint density at radius 1 is 1.17 bits per heavy atom. The molecule has 1 unspecified atom stereocenters. The number of hydrogen-bond acceptors (Lipinski definition) is 3. The van der Waals surface area contributed by atoms with Gasteiger partial charge in [-0.3, -0.25) is 4.79 Å². The van der Waals surface area contributed by atoms with Crippen molar-refractivity contribution in [1.82, 2.24) is 9.80 Å². The SMILES string of the molecule is CC1CCc2cc(CCC(=O)N3CCN(C)CC3)ccc2N1C. The minimum atomic E-state index is 0.307. The number of carbonyl (C=O) groups excluding carboxylic acids is 1. The Kier molecular flexibility index (Phi) is 4.90. The number of anilines is 1. The van der Waals surface area contributed by atoms with E-state index in [-0.39, 0.29) is 0 Å². The van der Waals surface area contributed by atoms with Crippen molar-refractivity contribution in [3.8, 4) is 0 Å². The van der Waals surface area contributed by atoms with Gasteiger partial charge in [-0.15, -0.1) is 0 Å². The molecule has 0 N–H and O–H groups in total. The second kappa shape index (κ2) is 6.91. The Bertz CT molecular complexity index is 564. The van der Waals surface area contributed by atoms with Crippen LogP contribution in [0, 0.1) is 0 Å². The number of amides is 1. The number of carbonyl (C=O) groups is 1. The second-order valence-electron chi connectivity index (χ2n) is 7.15. The van der Waals surface area contributed by atoms with Gasteiger partial charge < -0.3 is 14.7 Å². The lowest BCUT2D eigenvalue weighted by Gasteiger charge is -2.34. The van der Waals surface area contributed by atoms with Gasteiger partial charge in [0.25, 0.3) is 0 Å². The van der Waals surface area contributed by atoms with Crippen LogP contribution in [0.4, 0.5) is 5.69 Å². The standard InChI is InChI=1S/C19H29N3O/c1-15-4-7-17-14-16(5-8-18(17)21(15)3)6-9-19(23)22-12-10-20(2)11-13-22/h5,8,14-15H,4,6-7,9-13H2,1-3H3. The van der Waals surface area contributed by atoms with Crippen LogP contribution in [0.2, 0.25) is 0 Å². The molecule has 0 saturated carbocycles. The summed E-state index contributed by atoms with van der Waals surface area (Å²) in [6, 6.07) is 7.37. The van der Waals surface area contributed by atoms with Crippen LogP contribution in [-0.2, 0) is 17.6 Å². The van der Waals surface area contributed by atoms with Crippen molar-refractivity contribution >= 4 is 11.6 Å². The maximum absolute atomic E-state index is 12.4. The molecule has 0 bridgehead atoms. The number of nitrogens with zero attached hydrogens (tertiary/aromatic N) is 3. The lowest BCUT2D eigenvalue weighted by Crippen LogP contribution is -2.47.